The zero-order valence-electron chi connectivity index (χ0n) is 15.8. The molecule has 0 radical (unpaired) electrons. The minimum atomic E-state index is -4.06. The second-order valence-electron chi connectivity index (χ2n) is 7.68. The highest BCUT2D eigenvalue weighted by Crippen LogP contribution is 2.38. The summed E-state index contributed by atoms with van der Waals surface area (Å²) in [5, 5.41) is 3.72. The second-order valence-corrected chi connectivity index (χ2v) is 9.09. The van der Waals surface area contributed by atoms with E-state index in [1.54, 1.807) is 24.4 Å². The van der Waals surface area contributed by atoms with Crippen LogP contribution in [0.4, 0.5) is 16.2 Å². The Morgan fingerprint density at radius 2 is 1.66 bits per heavy atom. The Balaban J connectivity index is 1.34. The van der Waals surface area contributed by atoms with Crippen molar-refractivity contribution in [3.63, 3.8) is 0 Å². The third-order valence-corrected chi connectivity index (χ3v) is 6.70. The number of amides is 2. The average molecular weight is 410 g/mol. The number of H-pyrrole nitrogens is 1. The maximum atomic E-state index is 12.5. The third kappa shape index (κ3) is 3.44. The van der Waals surface area contributed by atoms with Crippen LogP contribution in [-0.2, 0) is 35.9 Å². The Kier molecular flexibility index (Phi) is 4.24. The number of carbonyl (C=O) groups is 1. The SMILES string of the molecule is O=C(Nc1c2c(cc3c1CCC3)CCC2)NS(=O)(=O)Nc1ccc2[nH]ccc2c1. The van der Waals surface area contributed by atoms with E-state index >= 15 is 0 Å². The molecule has 2 aliphatic rings. The molecule has 4 N–H and O–H groups in total. The number of carbonyl (C=O) groups excluding carboxylic acids is 1. The van der Waals surface area contributed by atoms with E-state index in [1.165, 1.54) is 11.1 Å². The number of hydrogen-bond donors (Lipinski definition) is 4. The van der Waals surface area contributed by atoms with Crippen LogP contribution in [0.5, 0.6) is 0 Å². The van der Waals surface area contributed by atoms with E-state index in [4.69, 9.17) is 0 Å². The van der Waals surface area contributed by atoms with Crippen molar-refractivity contribution < 1.29 is 13.2 Å². The van der Waals surface area contributed by atoms with E-state index in [-0.39, 0.29) is 0 Å². The Bertz CT molecular complexity index is 1200. The monoisotopic (exact) mass is 410 g/mol. The van der Waals surface area contributed by atoms with Crippen molar-refractivity contribution >= 4 is 38.5 Å². The highest BCUT2D eigenvalue weighted by Gasteiger charge is 2.26. The summed E-state index contributed by atoms with van der Waals surface area (Å²) in [4.78, 5) is 15.6. The van der Waals surface area contributed by atoms with Crippen molar-refractivity contribution in [3.05, 3.63) is 58.8 Å². The van der Waals surface area contributed by atoms with Gasteiger partial charge in [0.2, 0.25) is 0 Å². The number of aryl methyl sites for hydroxylation is 2. The van der Waals surface area contributed by atoms with E-state index in [9.17, 15) is 13.2 Å². The van der Waals surface area contributed by atoms with Crippen LogP contribution in [0.3, 0.4) is 0 Å². The summed E-state index contributed by atoms with van der Waals surface area (Å²) in [5.41, 5.74) is 6.98. The van der Waals surface area contributed by atoms with Crippen molar-refractivity contribution in [1.29, 1.82) is 0 Å². The lowest BCUT2D eigenvalue weighted by Gasteiger charge is -2.17. The number of aromatic amines is 1. The van der Waals surface area contributed by atoms with Gasteiger partial charge in [0.25, 0.3) is 0 Å². The number of benzene rings is 2. The number of anilines is 2. The van der Waals surface area contributed by atoms with Gasteiger partial charge in [-0.05, 0) is 85.0 Å². The molecule has 2 amide bonds. The molecular formula is C21H22N4O3S. The molecule has 5 rings (SSSR count). The molecule has 2 aromatic carbocycles. The van der Waals surface area contributed by atoms with Crippen LogP contribution >= 0.6 is 0 Å². The first kappa shape index (κ1) is 18.1. The van der Waals surface area contributed by atoms with Gasteiger partial charge in [0.15, 0.2) is 0 Å². The molecule has 8 heteroatoms. The molecule has 0 fully saturated rings. The predicted molar refractivity (Wildman–Crippen MR) is 113 cm³/mol. The van der Waals surface area contributed by atoms with Gasteiger partial charge in [0.05, 0.1) is 5.69 Å². The standard InChI is InChI=1S/C21H22N4O3S/c26-21(23-20-17-5-1-3-13(17)11-14-4-2-6-18(14)20)25-29(27,28)24-16-7-8-19-15(12-16)9-10-22-19/h7-12,22,24H,1-6H2,(H2,23,25,26). The van der Waals surface area contributed by atoms with Crippen LogP contribution < -0.4 is 14.8 Å². The molecule has 0 bridgehead atoms. The summed E-state index contributed by atoms with van der Waals surface area (Å²) < 4.78 is 29.4. The minimum Gasteiger partial charge on any atom is -0.361 e. The molecule has 3 aromatic rings. The first-order chi connectivity index (χ1) is 14.0. The Morgan fingerprint density at radius 1 is 0.931 bits per heavy atom. The summed E-state index contributed by atoms with van der Waals surface area (Å²) in [5.74, 6) is 0. The van der Waals surface area contributed by atoms with Crippen molar-refractivity contribution in [2.45, 2.75) is 38.5 Å². The fraction of sp³-hybridized carbons (Fsp3) is 0.286. The summed E-state index contributed by atoms with van der Waals surface area (Å²) >= 11 is 0. The Hall–Kier alpha value is -3.00. The van der Waals surface area contributed by atoms with Crippen molar-refractivity contribution in [1.82, 2.24) is 9.71 Å². The second kappa shape index (κ2) is 6.81. The highest BCUT2D eigenvalue weighted by atomic mass is 32.2. The molecule has 29 heavy (non-hydrogen) atoms. The van der Waals surface area contributed by atoms with Crippen LogP contribution in [0, 0.1) is 0 Å². The number of fused-ring (bicyclic) bond motifs is 3. The fourth-order valence-electron chi connectivity index (χ4n) is 4.53. The normalized spacial score (nSPS) is 15.2. The van der Waals surface area contributed by atoms with E-state index in [0.29, 0.717) is 5.69 Å². The van der Waals surface area contributed by atoms with E-state index in [2.05, 4.69) is 25.8 Å². The molecule has 1 aromatic heterocycles. The summed E-state index contributed by atoms with van der Waals surface area (Å²) in [6.07, 6.45) is 7.78. The molecule has 0 spiro atoms. The van der Waals surface area contributed by atoms with E-state index in [0.717, 1.165) is 66.2 Å². The molecular weight excluding hydrogens is 388 g/mol. The van der Waals surface area contributed by atoms with Gasteiger partial charge in [-0.25, -0.2) is 9.52 Å². The molecule has 0 saturated heterocycles. The lowest BCUT2D eigenvalue weighted by Crippen LogP contribution is -2.38. The van der Waals surface area contributed by atoms with Crippen LogP contribution in [0.2, 0.25) is 0 Å². The largest absolute Gasteiger partial charge is 0.361 e. The fourth-order valence-corrected chi connectivity index (χ4v) is 5.31. The smallest absolute Gasteiger partial charge is 0.334 e. The molecule has 7 nitrogen and oxygen atoms in total. The van der Waals surface area contributed by atoms with Gasteiger partial charge < -0.3 is 10.3 Å². The quantitative estimate of drug-likeness (QED) is 0.528. The van der Waals surface area contributed by atoms with Crippen molar-refractivity contribution in [2.24, 2.45) is 0 Å². The van der Waals surface area contributed by atoms with Gasteiger partial charge in [-0.3, -0.25) is 4.72 Å². The van der Waals surface area contributed by atoms with Crippen LogP contribution in [-0.4, -0.2) is 19.4 Å². The van der Waals surface area contributed by atoms with Crippen molar-refractivity contribution in [2.75, 3.05) is 10.0 Å². The first-order valence-corrected chi connectivity index (χ1v) is 11.3. The molecule has 0 atom stereocenters. The summed E-state index contributed by atoms with van der Waals surface area (Å²) in [7, 11) is -4.06. The number of hydrogen-bond acceptors (Lipinski definition) is 3. The van der Waals surface area contributed by atoms with Gasteiger partial charge in [-0.15, -0.1) is 0 Å². The summed E-state index contributed by atoms with van der Waals surface area (Å²) in [6, 6.07) is 8.51. The Labute approximate surface area is 169 Å². The lowest BCUT2D eigenvalue weighted by molar-refractivity contribution is 0.256. The lowest BCUT2D eigenvalue weighted by atomic mass is 9.99. The minimum absolute atomic E-state index is 0.388. The van der Waals surface area contributed by atoms with E-state index in [1.807, 2.05) is 6.07 Å². The Morgan fingerprint density at radius 3 is 2.38 bits per heavy atom. The first-order valence-electron chi connectivity index (χ1n) is 9.84. The van der Waals surface area contributed by atoms with Crippen LogP contribution in [0.1, 0.15) is 35.1 Å². The molecule has 0 unspecified atom stereocenters. The maximum absolute atomic E-state index is 12.5. The third-order valence-electron chi connectivity index (χ3n) is 5.74. The summed E-state index contributed by atoms with van der Waals surface area (Å²) in [6.45, 7) is 0. The molecule has 1 heterocycles. The van der Waals surface area contributed by atoms with Gasteiger partial charge in [0.1, 0.15) is 0 Å². The van der Waals surface area contributed by atoms with Gasteiger partial charge >= 0.3 is 16.2 Å². The highest BCUT2D eigenvalue weighted by molar-refractivity contribution is 7.91. The van der Waals surface area contributed by atoms with Gasteiger partial charge in [-0.2, -0.15) is 8.42 Å². The number of nitrogens with one attached hydrogen (secondary N) is 4. The average Bonchev–Trinajstić information content (AvgIpc) is 3.40. The van der Waals surface area contributed by atoms with Gasteiger partial charge in [0, 0.05) is 22.8 Å². The number of rotatable bonds is 4. The number of aromatic nitrogens is 1. The molecule has 2 aliphatic carbocycles. The molecule has 150 valence electrons. The van der Waals surface area contributed by atoms with Crippen molar-refractivity contribution in [3.8, 4) is 0 Å². The topological polar surface area (TPSA) is 103 Å². The maximum Gasteiger partial charge on any atom is 0.334 e. The zero-order chi connectivity index (χ0) is 20.0. The zero-order valence-corrected chi connectivity index (χ0v) is 16.7. The number of urea groups is 1. The van der Waals surface area contributed by atoms with Crippen LogP contribution in [0.15, 0.2) is 36.5 Å². The van der Waals surface area contributed by atoms with Gasteiger partial charge in [-0.1, -0.05) is 6.07 Å². The predicted octanol–water partition coefficient (Wildman–Crippen LogP) is 3.62. The van der Waals surface area contributed by atoms with Crippen LogP contribution in [0.25, 0.3) is 10.9 Å². The molecule has 0 saturated carbocycles. The molecule has 0 aliphatic heterocycles. The van der Waals surface area contributed by atoms with E-state index < -0.39 is 16.2 Å².